The third-order valence-corrected chi connectivity index (χ3v) is 3.95. The van der Waals surface area contributed by atoms with Gasteiger partial charge < -0.3 is 10.2 Å². The zero-order valence-electron chi connectivity index (χ0n) is 14.9. The van der Waals surface area contributed by atoms with Gasteiger partial charge in [-0.25, -0.2) is 0 Å². The Bertz CT molecular complexity index is 695. The molecule has 0 aliphatic carbocycles. The highest BCUT2D eigenvalue weighted by Gasteiger charge is 2.14. The van der Waals surface area contributed by atoms with Crippen LogP contribution in [0.4, 0.5) is 11.4 Å². The molecular weight excluding hydrogens is 284 g/mol. The van der Waals surface area contributed by atoms with E-state index in [1.54, 1.807) is 0 Å². The van der Waals surface area contributed by atoms with Crippen LogP contribution in [0.3, 0.4) is 0 Å². The van der Waals surface area contributed by atoms with Gasteiger partial charge in [-0.1, -0.05) is 32.9 Å². The van der Waals surface area contributed by atoms with E-state index in [2.05, 4.69) is 38.2 Å². The van der Waals surface area contributed by atoms with Gasteiger partial charge in [-0.2, -0.15) is 0 Å². The molecule has 0 bridgehead atoms. The van der Waals surface area contributed by atoms with Gasteiger partial charge in [0.15, 0.2) is 0 Å². The Labute approximate surface area is 139 Å². The number of hydrogen-bond acceptors (Lipinski definition) is 2. The van der Waals surface area contributed by atoms with Crippen molar-refractivity contribution in [3.63, 3.8) is 0 Å². The van der Waals surface area contributed by atoms with Crippen LogP contribution in [0.25, 0.3) is 0 Å². The van der Waals surface area contributed by atoms with Gasteiger partial charge in [0.2, 0.25) is 0 Å². The number of hydrogen-bond donors (Lipinski definition) is 1. The van der Waals surface area contributed by atoms with Crippen LogP contribution in [0.2, 0.25) is 0 Å². The molecule has 0 saturated carbocycles. The lowest BCUT2D eigenvalue weighted by Gasteiger charge is -2.19. The second kappa shape index (κ2) is 6.45. The van der Waals surface area contributed by atoms with Gasteiger partial charge in [0.05, 0.1) is 0 Å². The highest BCUT2D eigenvalue weighted by Crippen LogP contribution is 2.24. The second-order valence-corrected chi connectivity index (χ2v) is 7.18. The van der Waals surface area contributed by atoms with Crippen LogP contribution >= 0.6 is 0 Å². The van der Waals surface area contributed by atoms with Crippen LogP contribution in [0.5, 0.6) is 0 Å². The molecule has 0 heterocycles. The summed E-state index contributed by atoms with van der Waals surface area (Å²) in [7, 11) is 4.00. The van der Waals surface area contributed by atoms with Crippen molar-refractivity contribution in [2.24, 2.45) is 0 Å². The van der Waals surface area contributed by atoms with Gasteiger partial charge in [0, 0.05) is 31.0 Å². The standard InChI is InChI=1S/C20H26N2O/c1-14-13-15(7-12-18(14)22(5)6)19(23)21-17-10-8-16(9-11-17)20(2,3)4/h7-13H,1-6H3,(H,21,23). The Kier molecular flexibility index (Phi) is 4.79. The Balaban J connectivity index is 2.14. The normalized spacial score (nSPS) is 11.2. The predicted octanol–water partition coefficient (Wildman–Crippen LogP) is 4.61. The van der Waals surface area contributed by atoms with Crippen LogP contribution in [0.15, 0.2) is 42.5 Å². The Morgan fingerprint density at radius 3 is 2.09 bits per heavy atom. The molecule has 0 spiro atoms. The van der Waals surface area contributed by atoms with E-state index >= 15 is 0 Å². The minimum Gasteiger partial charge on any atom is -0.377 e. The van der Waals surface area contributed by atoms with Crippen molar-refractivity contribution in [2.45, 2.75) is 33.1 Å². The molecule has 3 nitrogen and oxygen atoms in total. The fourth-order valence-corrected chi connectivity index (χ4v) is 2.56. The lowest BCUT2D eigenvalue weighted by molar-refractivity contribution is 0.102. The smallest absolute Gasteiger partial charge is 0.255 e. The molecule has 0 saturated heterocycles. The zero-order chi connectivity index (χ0) is 17.2. The average molecular weight is 310 g/mol. The molecule has 0 unspecified atom stereocenters. The summed E-state index contributed by atoms with van der Waals surface area (Å²) >= 11 is 0. The molecular formula is C20H26N2O. The van der Waals surface area contributed by atoms with E-state index in [0.717, 1.165) is 16.9 Å². The molecule has 0 atom stereocenters. The number of anilines is 2. The molecule has 1 amide bonds. The highest BCUT2D eigenvalue weighted by molar-refractivity contribution is 6.04. The van der Waals surface area contributed by atoms with E-state index < -0.39 is 0 Å². The summed E-state index contributed by atoms with van der Waals surface area (Å²) in [6, 6.07) is 13.8. The van der Waals surface area contributed by atoms with E-state index in [0.29, 0.717) is 5.56 Å². The summed E-state index contributed by atoms with van der Waals surface area (Å²) in [6.07, 6.45) is 0. The molecule has 122 valence electrons. The van der Waals surface area contributed by atoms with Crippen molar-refractivity contribution in [3.05, 3.63) is 59.2 Å². The zero-order valence-corrected chi connectivity index (χ0v) is 14.9. The molecule has 0 radical (unpaired) electrons. The van der Waals surface area contributed by atoms with Crippen LogP contribution in [0, 0.1) is 6.92 Å². The summed E-state index contributed by atoms with van der Waals surface area (Å²) < 4.78 is 0. The third-order valence-electron chi connectivity index (χ3n) is 3.95. The molecule has 2 aromatic carbocycles. The van der Waals surface area contributed by atoms with Gasteiger partial charge in [-0.15, -0.1) is 0 Å². The second-order valence-electron chi connectivity index (χ2n) is 7.18. The topological polar surface area (TPSA) is 32.3 Å². The third kappa shape index (κ3) is 4.13. The van der Waals surface area contributed by atoms with Crippen molar-refractivity contribution in [1.82, 2.24) is 0 Å². The monoisotopic (exact) mass is 310 g/mol. The maximum Gasteiger partial charge on any atom is 0.255 e. The molecule has 2 rings (SSSR count). The van der Waals surface area contributed by atoms with Crippen LogP contribution in [-0.4, -0.2) is 20.0 Å². The number of benzene rings is 2. The van der Waals surface area contributed by atoms with Crippen LogP contribution in [0.1, 0.15) is 42.3 Å². The Hall–Kier alpha value is -2.29. The Morgan fingerprint density at radius 2 is 1.61 bits per heavy atom. The first kappa shape index (κ1) is 17.1. The Morgan fingerprint density at radius 1 is 1.00 bits per heavy atom. The first-order valence-corrected chi connectivity index (χ1v) is 7.88. The van der Waals surface area contributed by atoms with Gasteiger partial charge in [0.25, 0.3) is 5.91 Å². The van der Waals surface area contributed by atoms with E-state index in [1.807, 2.05) is 56.3 Å². The molecule has 0 fully saturated rings. The summed E-state index contributed by atoms with van der Waals surface area (Å²) in [4.78, 5) is 14.4. The number of amides is 1. The number of aryl methyl sites for hydroxylation is 1. The number of carbonyl (C=O) groups is 1. The number of carbonyl (C=O) groups excluding carboxylic acids is 1. The van der Waals surface area contributed by atoms with E-state index in [1.165, 1.54) is 5.56 Å². The lowest BCUT2D eigenvalue weighted by atomic mass is 9.87. The molecule has 0 aliphatic rings. The lowest BCUT2D eigenvalue weighted by Crippen LogP contribution is -2.15. The van der Waals surface area contributed by atoms with Crippen molar-refractivity contribution in [1.29, 1.82) is 0 Å². The van der Waals surface area contributed by atoms with Gasteiger partial charge in [-0.3, -0.25) is 4.79 Å². The molecule has 0 aliphatic heterocycles. The molecule has 23 heavy (non-hydrogen) atoms. The van der Waals surface area contributed by atoms with E-state index in [4.69, 9.17) is 0 Å². The maximum absolute atomic E-state index is 12.4. The van der Waals surface area contributed by atoms with Crippen molar-refractivity contribution in [2.75, 3.05) is 24.3 Å². The van der Waals surface area contributed by atoms with E-state index in [9.17, 15) is 4.79 Å². The van der Waals surface area contributed by atoms with E-state index in [-0.39, 0.29) is 11.3 Å². The van der Waals surface area contributed by atoms with Crippen LogP contribution in [-0.2, 0) is 5.41 Å². The fraction of sp³-hybridized carbons (Fsp3) is 0.350. The van der Waals surface area contributed by atoms with Crippen LogP contribution < -0.4 is 10.2 Å². The highest BCUT2D eigenvalue weighted by atomic mass is 16.1. The number of rotatable bonds is 3. The summed E-state index contributed by atoms with van der Waals surface area (Å²) in [5.41, 5.74) is 5.07. The largest absolute Gasteiger partial charge is 0.377 e. The van der Waals surface area contributed by atoms with Gasteiger partial charge in [-0.05, 0) is 53.8 Å². The van der Waals surface area contributed by atoms with Gasteiger partial charge in [0.1, 0.15) is 0 Å². The molecule has 1 N–H and O–H groups in total. The fourth-order valence-electron chi connectivity index (χ4n) is 2.56. The quantitative estimate of drug-likeness (QED) is 0.898. The molecule has 2 aromatic rings. The molecule has 0 aromatic heterocycles. The van der Waals surface area contributed by atoms with Crippen molar-refractivity contribution >= 4 is 17.3 Å². The first-order chi connectivity index (χ1) is 10.7. The van der Waals surface area contributed by atoms with Gasteiger partial charge >= 0.3 is 0 Å². The first-order valence-electron chi connectivity index (χ1n) is 7.88. The minimum atomic E-state index is -0.0816. The van der Waals surface area contributed by atoms with Crippen molar-refractivity contribution in [3.8, 4) is 0 Å². The SMILES string of the molecule is Cc1cc(C(=O)Nc2ccc(C(C)(C)C)cc2)ccc1N(C)C. The molecule has 3 heteroatoms. The minimum absolute atomic E-state index is 0.0816. The number of nitrogens with zero attached hydrogens (tertiary/aromatic N) is 1. The summed E-state index contributed by atoms with van der Waals surface area (Å²) in [6.45, 7) is 8.55. The summed E-state index contributed by atoms with van der Waals surface area (Å²) in [5, 5.41) is 2.96. The summed E-state index contributed by atoms with van der Waals surface area (Å²) in [5.74, 6) is -0.0816. The average Bonchev–Trinajstić information content (AvgIpc) is 2.46. The van der Waals surface area contributed by atoms with Crippen molar-refractivity contribution < 1.29 is 4.79 Å². The predicted molar refractivity (Wildman–Crippen MR) is 98.6 cm³/mol. The maximum atomic E-state index is 12.4. The number of nitrogens with one attached hydrogen (secondary N) is 1.